The SMILES string of the molecule is COC=Cc1ccccc1-c1cccc2c1sc1ccccc12.c1ccc2c(c1)ccc1ccc3c4ccccc4sc3c12. The molecule has 7 aromatic carbocycles. The molecule has 0 bridgehead atoms. The second-order valence-corrected chi connectivity index (χ2v) is 12.9. The Hall–Kier alpha value is -4.96. The van der Waals surface area contributed by atoms with Crippen molar-refractivity contribution >= 4 is 90.6 Å². The molecule has 0 aliphatic carbocycles. The van der Waals surface area contributed by atoms with Gasteiger partial charge < -0.3 is 4.74 Å². The molecule has 210 valence electrons. The van der Waals surface area contributed by atoms with Crippen LogP contribution in [0, 0.1) is 0 Å². The fourth-order valence-electron chi connectivity index (χ4n) is 6.26. The third-order valence-corrected chi connectivity index (χ3v) is 10.7. The van der Waals surface area contributed by atoms with Gasteiger partial charge in [0.15, 0.2) is 0 Å². The highest BCUT2D eigenvalue weighted by molar-refractivity contribution is 7.27. The molecule has 0 aliphatic rings. The Labute approximate surface area is 263 Å². The van der Waals surface area contributed by atoms with Gasteiger partial charge >= 0.3 is 0 Å². The molecule has 2 aromatic heterocycles. The standard InChI is InChI=1S/C21H16OS.C20H12S/c1-22-14-13-15-7-2-3-8-16(15)18-10-6-11-19-17-9-4-5-12-20(17)23-21(18)19;1-2-6-15-13(5-1)9-10-14-11-12-17-16-7-3-4-8-18(16)21-20(17)19(14)15/h2-14H,1H3;1-12H. The Morgan fingerprint density at radius 2 is 1.02 bits per heavy atom. The second-order valence-electron chi connectivity index (χ2n) is 10.8. The van der Waals surface area contributed by atoms with E-state index in [0.717, 1.165) is 0 Å². The van der Waals surface area contributed by atoms with E-state index in [-0.39, 0.29) is 0 Å². The maximum atomic E-state index is 5.09. The summed E-state index contributed by atoms with van der Waals surface area (Å²) in [4.78, 5) is 0. The van der Waals surface area contributed by atoms with Crippen LogP contribution in [0.15, 0.2) is 146 Å². The zero-order chi connectivity index (χ0) is 29.5. The van der Waals surface area contributed by atoms with Crippen LogP contribution in [0.4, 0.5) is 0 Å². The minimum absolute atomic E-state index is 1.17. The highest BCUT2D eigenvalue weighted by Gasteiger charge is 2.12. The van der Waals surface area contributed by atoms with Crippen LogP contribution in [0.5, 0.6) is 0 Å². The van der Waals surface area contributed by atoms with Gasteiger partial charge in [0.2, 0.25) is 0 Å². The van der Waals surface area contributed by atoms with E-state index >= 15 is 0 Å². The lowest BCUT2D eigenvalue weighted by Crippen LogP contribution is -1.83. The number of methoxy groups -OCH3 is 1. The van der Waals surface area contributed by atoms with E-state index < -0.39 is 0 Å². The highest BCUT2D eigenvalue weighted by Crippen LogP contribution is 2.42. The van der Waals surface area contributed by atoms with Crippen LogP contribution in [0.3, 0.4) is 0 Å². The molecule has 0 fully saturated rings. The Morgan fingerprint density at radius 1 is 0.455 bits per heavy atom. The molecule has 0 spiro atoms. The van der Waals surface area contributed by atoms with Crippen molar-refractivity contribution in [1.29, 1.82) is 0 Å². The first-order valence-corrected chi connectivity index (χ1v) is 16.3. The number of fused-ring (bicyclic) bond motifs is 10. The molecule has 1 nitrogen and oxygen atoms in total. The summed E-state index contributed by atoms with van der Waals surface area (Å²) in [5, 5.41) is 10.8. The fourth-order valence-corrected chi connectivity index (χ4v) is 8.76. The van der Waals surface area contributed by atoms with Crippen LogP contribution in [0.25, 0.3) is 79.1 Å². The first-order valence-electron chi connectivity index (χ1n) is 14.7. The third kappa shape index (κ3) is 4.53. The lowest BCUT2D eigenvalue weighted by Gasteiger charge is -2.07. The van der Waals surface area contributed by atoms with E-state index in [1.807, 2.05) is 28.7 Å². The smallest absolute Gasteiger partial charge is 0.0830 e. The molecule has 0 saturated heterocycles. The van der Waals surface area contributed by atoms with Gasteiger partial charge in [-0.2, -0.15) is 0 Å². The molecule has 44 heavy (non-hydrogen) atoms. The van der Waals surface area contributed by atoms with Crippen molar-refractivity contribution in [2.24, 2.45) is 0 Å². The van der Waals surface area contributed by atoms with Crippen LogP contribution in [-0.2, 0) is 4.74 Å². The first kappa shape index (κ1) is 26.7. The Kier molecular flexibility index (Phi) is 6.83. The van der Waals surface area contributed by atoms with Gasteiger partial charge in [0, 0.05) is 51.3 Å². The first-order chi connectivity index (χ1) is 21.8. The molecule has 0 aliphatic heterocycles. The fraction of sp³-hybridized carbons (Fsp3) is 0.0244. The van der Waals surface area contributed by atoms with E-state index in [0.29, 0.717) is 0 Å². The summed E-state index contributed by atoms with van der Waals surface area (Å²) in [7, 11) is 1.67. The summed E-state index contributed by atoms with van der Waals surface area (Å²) in [6.45, 7) is 0. The van der Waals surface area contributed by atoms with Crippen molar-refractivity contribution in [3.8, 4) is 11.1 Å². The zero-order valence-electron chi connectivity index (χ0n) is 24.2. The maximum Gasteiger partial charge on any atom is 0.0830 e. The number of thiophene rings is 2. The van der Waals surface area contributed by atoms with Crippen molar-refractivity contribution in [3.05, 3.63) is 151 Å². The van der Waals surface area contributed by atoms with E-state index in [2.05, 4.69) is 140 Å². The summed E-state index contributed by atoms with van der Waals surface area (Å²) < 4.78 is 10.5. The molecular formula is C41H28OS2. The monoisotopic (exact) mass is 600 g/mol. The average Bonchev–Trinajstić information content (AvgIpc) is 3.66. The van der Waals surface area contributed by atoms with Gasteiger partial charge in [0.05, 0.1) is 13.4 Å². The molecule has 0 radical (unpaired) electrons. The average molecular weight is 601 g/mol. The van der Waals surface area contributed by atoms with Gasteiger partial charge in [-0.3, -0.25) is 0 Å². The number of hydrogen-bond donors (Lipinski definition) is 0. The zero-order valence-corrected chi connectivity index (χ0v) is 25.8. The van der Waals surface area contributed by atoms with Gasteiger partial charge in [0.1, 0.15) is 0 Å². The van der Waals surface area contributed by atoms with E-state index in [9.17, 15) is 0 Å². The highest BCUT2D eigenvalue weighted by atomic mass is 32.1. The van der Waals surface area contributed by atoms with Crippen LogP contribution in [0.2, 0.25) is 0 Å². The normalized spacial score (nSPS) is 11.7. The largest absolute Gasteiger partial charge is 0.504 e. The third-order valence-electron chi connectivity index (χ3n) is 8.29. The number of benzene rings is 7. The molecule has 0 saturated carbocycles. The van der Waals surface area contributed by atoms with Gasteiger partial charge in [-0.05, 0) is 45.5 Å². The number of hydrogen-bond acceptors (Lipinski definition) is 3. The molecule has 3 heteroatoms. The van der Waals surface area contributed by atoms with Crippen LogP contribution < -0.4 is 0 Å². The summed E-state index contributed by atoms with van der Waals surface area (Å²) in [6, 6.07) is 50.0. The molecule has 0 amide bonds. The van der Waals surface area contributed by atoms with Gasteiger partial charge in [-0.15, -0.1) is 22.7 Å². The van der Waals surface area contributed by atoms with E-state index in [1.165, 1.54) is 78.6 Å². The Bertz CT molecular complexity index is 2500. The molecule has 9 rings (SSSR count). The number of ether oxygens (including phenoxy) is 1. The van der Waals surface area contributed by atoms with Crippen molar-refractivity contribution in [1.82, 2.24) is 0 Å². The minimum Gasteiger partial charge on any atom is -0.504 e. The van der Waals surface area contributed by atoms with Crippen LogP contribution in [0.1, 0.15) is 5.56 Å². The Morgan fingerprint density at radius 3 is 1.82 bits per heavy atom. The van der Waals surface area contributed by atoms with Crippen molar-refractivity contribution < 1.29 is 4.74 Å². The minimum atomic E-state index is 1.17. The topological polar surface area (TPSA) is 9.23 Å². The van der Waals surface area contributed by atoms with Crippen molar-refractivity contribution in [2.45, 2.75) is 0 Å². The summed E-state index contributed by atoms with van der Waals surface area (Å²) in [5.41, 5.74) is 3.68. The van der Waals surface area contributed by atoms with Gasteiger partial charge in [-0.1, -0.05) is 127 Å². The molecule has 9 aromatic rings. The van der Waals surface area contributed by atoms with Crippen molar-refractivity contribution in [2.75, 3.05) is 7.11 Å². The second kappa shape index (κ2) is 11.3. The van der Waals surface area contributed by atoms with E-state index in [4.69, 9.17) is 4.74 Å². The summed E-state index contributed by atoms with van der Waals surface area (Å²) >= 11 is 3.77. The van der Waals surface area contributed by atoms with Gasteiger partial charge in [-0.25, -0.2) is 0 Å². The lowest BCUT2D eigenvalue weighted by atomic mass is 9.98. The summed E-state index contributed by atoms with van der Waals surface area (Å²) in [6.07, 6.45) is 3.74. The molecule has 0 N–H and O–H groups in total. The van der Waals surface area contributed by atoms with Crippen LogP contribution in [-0.4, -0.2) is 7.11 Å². The maximum absolute atomic E-state index is 5.09. The van der Waals surface area contributed by atoms with Gasteiger partial charge in [0.25, 0.3) is 0 Å². The predicted octanol–water partition coefficient (Wildman–Crippen LogP) is 12.7. The lowest BCUT2D eigenvalue weighted by molar-refractivity contribution is 0.341. The summed E-state index contributed by atoms with van der Waals surface area (Å²) in [5.74, 6) is 0. The molecule has 0 atom stereocenters. The van der Waals surface area contributed by atoms with E-state index in [1.54, 1.807) is 13.4 Å². The molecular weight excluding hydrogens is 573 g/mol. The molecule has 2 heterocycles. The van der Waals surface area contributed by atoms with Crippen molar-refractivity contribution in [3.63, 3.8) is 0 Å². The Balaban J connectivity index is 0.000000132. The quantitative estimate of drug-likeness (QED) is 0.145. The molecule has 0 unspecified atom stereocenters. The predicted molar refractivity (Wildman–Crippen MR) is 195 cm³/mol. The number of rotatable bonds is 3. The van der Waals surface area contributed by atoms with Crippen LogP contribution >= 0.6 is 22.7 Å².